The third-order valence-electron chi connectivity index (χ3n) is 3.31. The van der Waals surface area contributed by atoms with E-state index in [1.165, 1.54) is 6.07 Å². The van der Waals surface area contributed by atoms with Gasteiger partial charge in [0.1, 0.15) is 0 Å². The van der Waals surface area contributed by atoms with Gasteiger partial charge in [-0.15, -0.1) is 5.10 Å². The molecular weight excluding hydrogens is 280 g/mol. The predicted octanol–water partition coefficient (Wildman–Crippen LogP) is 0.631. The van der Waals surface area contributed by atoms with Gasteiger partial charge in [0, 0.05) is 19.6 Å². The number of nitrogens with one attached hydrogen (secondary N) is 2. The maximum absolute atomic E-state index is 13.0. The fraction of sp³-hybridized carbons (Fsp3) is 0.308. The Morgan fingerprint density at radius 2 is 2.19 bits per heavy atom. The van der Waals surface area contributed by atoms with Crippen LogP contribution in [0.1, 0.15) is 22.1 Å². The molecule has 1 aliphatic rings. The molecule has 1 saturated heterocycles. The van der Waals surface area contributed by atoms with E-state index >= 15 is 0 Å². The zero-order valence-electron chi connectivity index (χ0n) is 11.0. The van der Waals surface area contributed by atoms with E-state index in [1.54, 1.807) is 10.9 Å². The first-order valence-corrected chi connectivity index (χ1v) is 6.48. The third kappa shape index (κ3) is 2.89. The summed E-state index contributed by atoms with van der Waals surface area (Å²) in [5.41, 5.74) is 0.669. The Kier molecular flexibility index (Phi) is 3.61. The first-order valence-electron chi connectivity index (χ1n) is 6.48. The van der Waals surface area contributed by atoms with Crippen molar-refractivity contribution in [2.45, 2.75) is 12.6 Å². The molecule has 21 heavy (non-hydrogen) atoms. The fourth-order valence-corrected chi connectivity index (χ4v) is 1.94. The molecule has 2 aromatic rings. The van der Waals surface area contributed by atoms with Crippen LogP contribution in [-0.4, -0.2) is 34.0 Å². The lowest BCUT2D eigenvalue weighted by molar-refractivity contribution is 0.0945. The van der Waals surface area contributed by atoms with Gasteiger partial charge in [-0.1, -0.05) is 11.3 Å². The van der Waals surface area contributed by atoms with Gasteiger partial charge in [0.15, 0.2) is 17.3 Å². The molecule has 110 valence electrons. The van der Waals surface area contributed by atoms with E-state index in [1.807, 2.05) is 0 Å². The number of aromatic nitrogens is 3. The lowest BCUT2D eigenvalue weighted by Gasteiger charge is -2.26. The minimum atomic E-state index is -0.940. The lowest BCUT2D eigenvalue weighted by atomic mass is 10.2. The third-order valence-corrected chi connectivity index (χ3v) is 3.31. The normalized spacial score (nSPS) is 14.8. The topological polar surface area (TPSA) is 71.8 Å². The van der Waals surface area contributed by atoms with E-state index in [2.05, 4.69) is 20.9 Å². The van der Waals surface area contributed by atoms with Crippen LogP contribution in [0.25, 0.3) is 0 Å². The maximum Gasteiger partial charge on any atom is 0.273 e. The van der Waals surface area contributed by atoms with Crippen LogP contribution in [0, 0.1) is 11.6 Å². The molecular formula is C13H13F2N5O. The summed E-state index contributed by atoms with van der Waals surface area (Å²) in [5.74, 6) is -2.26. The van der Waals surface area contributed by atoms with Crippen molar-refractivity contribution >= 4 is 5.91 Å². The van der Waals surface area contributed by atoms with Crippen molar-refractivity contribution in [1.29, 1.82) is 0 Å². The van der Waals surface area contributed by atoms with Gasteiger partial charge >= 0.3 is 0 Å². The van der Waals surface area contributed by atoms with Gasteiger partial charge in [0.25, 0.3) is 5.91 Å². The SMILES string of the molecule is O=C(NCc1ccc(F)c(F)c1)c1cn(C2CNC2)nn1. The number of amides is 1. The Balaban J connectivity index is 1.60. The number of rotatable bonds is 4. The highest BCUT2D eigenvalue weighted by atomic mass is 19.2. The lowest BCUT2D eigenvalue weighted by Crippen LogP contribution is -2.43. The average molecular weight is 293 g/mol. The van der Waals surface area contributed by atoms with E-state index in [9.17, 15) is 13.6 Å². The predicted molar refractivity (Wildman–Crippen MR) is 69.5 cm³/mol. The van der Waals surface area contributed by atoms with Crippen molar-refractivity contribution in [3.8, 4) is 0 Å². The van der Waals surface area contributed by atoms with Gasteiger partial charge in [0.2, 0.25) is 0 Å². The summed E-state index contributed by atoms with van der Waals surface area (Å²) in [5, 5.41) is 13.4. The summed E-state index contributed by atoms with van der Waals surface area (Å²) in [7, 11) is 0. The minimum absolute atomic E-state index is 0.0911. The van der Waals surface area contributed by atoms with Crippen LogP contribution in [0.3, 0.4) is 0 Å². The first-order chi connectivity index (χ1) is 10.1. The Morgan fingerprint density at radius 1 is 1.38 bits per heavy atom. The van der Waals surface area contributed by atoms with Crippen LogP contribution in [0.4, 0.5) is 8.78 Å². The molecule has 1 aromatic carbocycles. The van der Waals surface area contributed by atoms with Gasteiger partial charge in [-0.05, 0) is 17.7 Å². The molecule has 1 fully saturated rings. The maximum atomic E-state index is 13.0. The van der Waals surface area contributed by atoms with Gasteiger partial charge in [-0.25, -0.2) is 13.5 Å². The number of halogens is 2. The molecule has 0 bridgehead atoms. The first kappa shape index (κ1) is 13.6. The molecule has 0 spiro atoms. The summed E-state index contributed by atoms with van der Waals surface area (Å²) in [6.45, 7) is 1.70. The molecule has 8 heteroatoms. The van der Waals surface area contributed by atoms with Crippen molar-refractivity contribution in [2.75, 3.05) is 13.1 Å². The van der Waals surface area contributed by atoms with E-state index in [0.717, 1.165) is 25.2 Å². The van der Waals surface area contributed by atoms with Crippen LogP contribution < -0.4 is 10.6 Å². The molecule has 1 amide bonds. The molecule has 6 nitrogen and oxygen atoms in total. The van der Waals surface area contributed by atoms with Crippen molar-refractivity contribution in [3.05, 3.63) is 47.3 Å². The zero-order valence-corrected chi connectivity index (χ0v) is 11.0. The number of hydrogen-bond acceptors (Lipinski definition) is 4. The van der Waals surface area contributed by atoms with Crippen LogP contribution >= 0.6 is 0 Å². The Morgan fingerprint density at radius 3 is 2.86 bits per heavy atom. The second-order valence-electron chi connectivity index (χ2n) is 4.83. The minimum Gasteiger partial charge on any atom is -0.347 e. The average Bonchev–Trinajstić information content (AvgIpc) is 2.87. The molecule has 0 saturated carbocycles. The largest absolute Gasteiger partial charge is 0.347 e. The molecule has 0 unspecified atom stereocenters. The van der Waals surface area contributed by atoms with E-state index in [-0.39, 0.29) is 18.3 Å². The van der Waals surface area contributed by atoms with Gasteiger partial charge in [-0.3, -0.25) is 4.79 Å². The fourth-order valence-electron chi connectivity index (χ4n) is 1.94. The summed E-state index contributed by atoms with van der Waals surface area (Å²) < 4.78 is 27.5. The molecule has 1 aliphatic heterocycles. The molecule has 2 heterocycles. The summed E-state index contributed by atoms with van der Waals surface area (Å²) in [6, 6.07) is 3.71. The van der Waals surface area contributed by atoms with Crippen molar-refractivity contribution in [2.24, 2.45) is 0 Å². The molecule has 0 radical (unpaired) electrons. The quantitative estimate of drug-likeness (QED) is 0.867. The number of carbonyl (C=O) groups is 1. The highest BCUT2D eigenvalue weighted by molar-refractivity contribution is 5.91. The number of nitrogens with zero attached hydrogens (tertiary/aromatic N) is 3. The van der Waals surface area contributed by atoms with E-state index in [4.69, 9.17) is 0 Å². The smallest absolute Gasteiger partial charge is 0.273 e. The van der Waals surface area contributed by atoms with Crippen LogP contribution in [0.5, 0.6) is 0 Å². The van der Waals surface area contributed by atoms with Crippen molar-refractivity contribution in [3.63, 3.8) is 0 Å². The zero-order chi connectivity index (χ0) is 14.8. The number of benzene rings is 1. The molecule has 3 rings (SSSR count). The van der Waals surface area contributed by atoms with Gasteiger partial charge in [-0.2, -0.15) is 0 Å². The molecule has 0 aliphatic carbocycles. The Hall–Kier alpha value is -2.35. The highest BCUT2D eigenvalue weighted by Gasteiger charge is 2.21. The van der Waals surface area contributed by atoms with E-state index in [0.29, 0.717) is 5.56 Å². The summed E-state index contributed by atoms with van der Waals surface area (Å²) >= 11 is 0. The number of hydrogen-bond donors (Lipinski definition) is 2. The van der Waals surface area contributed by atoms with E-state index < -0.39 is 17.5 Å². The van der Waals surface area contributed by atoms with Crippen molar-refractivity contribution in [1.82, 2.24) is 25.6 Å². The molecule has 0 atom stereocenters. The second-order valence-corrected chi connectivity index (χ2v) is 4.83. The van der Waals surface area contributed by atoms with Crippen molar-refractivity contribution < 1.29 is 13.6 Å². The second kappa shape index (κ2) is 5.57. The monoisotopic (exact) mass is 293 g/mol. The highest BCUT2D eigenvalue weighted by Crippen LogP contribution is 2.10. The van der Waals surface area contributed by atoms with Crippen LogP contribution in [0.2, 0.25) is 0 Å². The summed E-state index contributed by atoms with van der Waals surface area (Å²) in [4.78, 5) is 11.9. The summed E-state index contributed by atoms with van der Waals surface area (Å²) in [6.07, 6.45) is 1.58. The standard InChI is InChI=1S/C13H13F2N5O/c14-10-2-1-8(3-11(10)15)4-17-13(21)12-7-20(19-18-12)9-5-16-6-9/h1-3,7,9,16H,4-6H2,(H,17,21). The molecule has 2 N–H and O–H groups in total. The van der Waals surface area contributed by atoms with Crippen LogP contribution in [-0.2, 0) is 6.54 Å². The van der Waals surface area contributed by atoms with Crippen LogP contribution in [0.15, 0.2) is 24.4 Å². The molecule has 1 aromatic heterocycles. The number of carbonyl (C=O) groups excluding carboxylic acids is 1. The Labute approximate surface area is 119 Å². The van der Waals surface area contributed by atoms with Gasteiger partial charge < -0.3 is 10.6 Å². The Bertz CT molecular complexity index is 668. The van der Waals surface area contributed by atoms with Gasteiger partial charge in [0.05, 0.1) is 12.2 Å².